The number of nitrogens with zero attached hydrogens (tertiary/aromatic N) is 1. The summed E-state index contributed by atoms with van der Waals surface area (Å²) in [5.74, 6) is 1.77. The molecule has 0 bridgehead atoms. The summed E-state index contributed by atoms with van der Waals surface area (Å²) in [4.78, 5) is 2.84. The van der Waals surface area contributed by atoms with Gasteiger partial charge in [-0.15, -0.1) is 0 Å². The Bertz CT molecular complexity index is 454. The molecule has 2 saturated carbocycles. The molecule has 0 spiro atoms. The summed E-state index contributed by atoms with van der Waals surface area (Å²) >= 11 is 0. The zero-order valence-corrected chi connectivity index (χ0v) is 12.5. The van der Waals surface area contributed by atoms with Gasteiger partial charge in [-0.3, -0.25) is 4.90 Å². The van der Waals surface area contributed by atoms with E-state index in [1.807, 2.05) is 0 Å². The fourth-order valence-electron chi connectivity index (χ4n) is 4.05. The molecule has 20 heavy (non-hydrogen) atoms. The van der Waals surface area contributed by atoms with Gasteiger partial charge in [0.1, 0.15) is 0 Å². The minimum Gasteiger partial charge on any atom is -0.311 e. The molecule has 0 aromatic heterocycles. The molecule has 108 valence electrons. The fourth-order valence-corrected chi connectivity index (χ4v) is 4.05. The molecule has 1 N–H and O–H groups in total. The number of hydrogen-bond donors (Lipinski definition) is 1. The van der Waals surface area contributed by atoms with Crippen molar-refractivity contribution in [1.82, 2.24) is 10.2 Å². The van der Waals surface area contributed by atoms with Gasteiger partial charge >= 0.3 is 0 Å². The van der Waals surface area contributed by atoms with Crippen LogP contribution in [0.15, 0.2) is 30.3 Å². The van der Waals surface area contributed by atoms with Crippen LogP contribution in [0.1, 0.15) is 44.1 Å². The summed E-state index contributed by atoms with van der Waals surface area (Å²) in [7, 11) is 0. The van der Waals surface area contributed by atoms with Gasteiger partial charge in [-0.05, 0) is 37.2 Å². The van der Waals surface area contributed by atoms with Crippen molar-refractivity contribution in [2.24, 2.45) is 5.92 Å². The van der Waals surface area contributed by atoms with Crippen LogP contribution in [0.25, 0.3) is 0 Å². The van der Waals surface area contributed by atoms with Crippen LogP contribution in [0.3, 0.4) is 0 Å². The third kappa shape index (κ3) is 2.40. The Morgan fingerprint density at radius 2 is 2.00 bits per heavy atom. The molecule has 1 aromatic rings. The molecule has 1 saturated heterocycles. The highest BCUT2D eigenvalue weighted by Gasteiger charge is 2.47. The first-order valence-electron chi connectivity index (χ1n) is 8.41. The minimum atomic E-state index is 0.753. The van der Waals surface area contributed by atoms with Crippen molar-refractivity contribution >= 4 is 0 Å². The van der Waals surface area contributed by atoms with Crippen LogP contribution in [0.5, 0.6) is 0 Å². The third-order valence-corrected chi connectivity index (χ3v) is 5.56. The van der Waals surface area contributed by atoms with E-state index in [9.17, 15) is 0 Å². The maximum atomic E-state index is 3.81. The molecule has 2 nitrogen and oxygen atoms in total. The van der Waals surface area contributed by atoms with Crippen molar-refractivity contribution in [1.29, 1.82) is 0 Å². The number of rotatable bonds is 4. The Hall–Kier alpha value is -0.860. The van der Waals surface area contributed by atoms with E-state index >= 15 is 0 Å². The second-order valence-corrected chi connectivity index (χ2v) is 6.93. The highest BCUT2D eigenvalue weighted by atomic mass is 15.3. The van der Waals surface area contributed by atoms with Gasteiger partial charge in [-0.25, -0.2) is 0 Å². The molecular formula is C18H26N2. The van der Waals surface area contributed by atoms with Crippen LogP contribution in [-0.4, -0.2) is 36.1 Å². The smallest absolute Gasteiger partial charge is 0.0224 e. The molecule has 1 aliphatic heterocycles. The number of nitrogens with one attached hydrogen (secondary N) is 1. The lowest BCUT2D eigenvalue weighted by Crippen LogP contribution is -2.57. The topological polar surface area (TPSA) is 15.3 Å². The maximum absolute atomic E-state index is 3.81. The zero-order valence-electron chi connectivity index (χ0n) is 12.5. The largest absolute Gasteiger partial charge is 0.311 e. The van der Waals surface area contributed by atoms with Crippen LogP contribution >= 0.6 is 0 Å². The molecule has 1 aromatic carbocycles. The Balaban J connectivity index is 1.46. The highest BCUT2D eigenvalue weighted by Crippen LogP contribution is 2.47. The normalized spacial score (nSPS) is 37.9. The van der Waals surface area contributed by atoms with Gasteiger partial charge in [0.2, 0.25) is 0 Å². The van der Waals surface area contributed by atoms with E-state index in [1.165, 1.54) is 38.8 Å². The lowest BCUT2D eigenvalue weighted by Gasteiger charge is -2.41. The average molecular weight is 270 g/mol. The first kappa shape index (κ1) is 12.8. The van der Waals surface area contributed by atoms with E-state index in [-0.39, 0.29) is 0 Å². The van der Waals surface area contributed by atoms with Gasteiger partial charge in [-0.2, -0.15) is 0 Å². The van der Waals surface area contributed by atoms with Crippen LogP contribution < -0.4 is 5.32 Å². The number of benzene rings is 1. The van der Waals surface area contributed by atoms with Crippen LogP contribution in [0.4, 0.5) is 0 Å². The molecule has 0 amide bonds. The third-order valence-electron chi connectivity index (χ3n) is 5.56. The van der Waals surface area contributed by atoms with Crippen molar-refractivity contribution < 1.29 is 0 Å². The summed E-state index contributed by atoms with van der Waals surface area (Å²) in [6.07, 6.45) is 5.56. The first-order valence-corrected chi connectivity index (χ1v) is 8.41. The number of hydrogen-bond acceptors (Lipinski definition) is 2. The van der Waals surface area contributed by atoms with Crippen LogP contribution in [-0.2, 0) is 0 Å². The lowest BCUT2D eigenvalue weighted by atomic mass is 10.0. The lowest BCUT2D eigenvalue weighted by molar-refractivity contribution is 0.109. The van der Waals surface area contributed by atoms with E-state index in [0.717, 1.165) is 30.0 Å². The van der Waals surface area contributed by atoms with Crippen LogP contribution in [0.2, 0.25) is 0 Å². The molecule has 4 unspecified atom stereocenters. The van der Waals surface area contributed by atoms with Crippen molar-refractivity contribution in [3.63, 3.8) is 0 Å². The van der Waals surface area contributed by atoms with Crippen molar-refractivity contribution in [2.45, 2.75) is 56.7 Å². The molecule has 2 aliphatic carbocycles. The monoisotopic (exact) mass is 270 g/mol. The predicted octanol–water partition coefficient (Wildman–Crippen LogP) is 3.00. The Morgan fingerprint density at radius 1 is 1.20 bits per heavy atom. The zero-order chi connectivity index (χ0) is 13.5. The molecule has 4 rings (SSSR count). The van der Waals surface area contributed by atoms with Crippen LogP contribution in [0, 0.1) is 5.92 Å². The SMILES string of the molecule is CCC1CNC(C2CC2)CN1C1CC1c1ccccc1. The standard InChI is InChI=1S/C18H26N2/c1-2-15-11-19-17(14-8-9-14)12-20(15)18-10-16(18)13-6-4-3-5-7-13/h3-7,14-19H,2,8-12H2,1H3. The Morgan fingerprint density at radius 3 is 2.70 bits per heavy atom. The minimum absolute atomic E-state index is 0.753. The van der Waals surface area contributed by atoms with Gasteiger partial charge in [-0.1, -0.05) is 37.3 Å². The molecule has 3 aliphatic rings. The summed E-state index contributed by atoms with van der Waals surface area (Å²) in [6.45, 7) is 4.84. The van der Waals surface area contributed by atoms with Gasteiger partial charge in [0.05, 0.1) is 0 Å². The Kier molecular flexibility index (Phi) is 3.31. The maximum Gasteiger partial charge on any atom is 0.0224 e. The molecule has 0 radical (unpaired) electrons. The highest BCUT2D eigenvalue weighted by molar-refractivity contribution is 5.28. The van der Waals surface area contributed by atoms with Gasteiger partial charge in [0, 0.05) is 37.1 Å². The molecule has 3 fully saturated rings. The fraction of sp³-hybridized carbons (Fsp3) is 0.667. The van der Waals surface area contributed by atoms with E-state index < -0.39 is 0 Å². The second-order valence-electron chi connectivity index (χ2n) is 6.93. The quantitative estimate of drug-likeness (QED) is 0.905. The van der Waals surface area contributed by atoms with E-state index in [4.69, 9.17) is 0 Å². The van der Waals surface area contributed by atoms with Crippen molar-refractivity contribution in [3.05, 3.63) is 35.9 Å². The van der Waals surface area contributed by atoms with Crippen molar-refractivity contribution in [3.8, 4) is 0 Å². The molecular weight excluding hydrogens is 244 g/mol. The second kappa shape index (κ2) is 5.16. The predicted molar refractivity (Wildman–Crippen MR) is 82.9 cm³/mol. The summed E-state index contributed by atoms with van der Waals surface area (Å²) in [5, 5.41) is 3.81. The summed E-state index contributed by atoms with van der Waals surface area (Å²) in [6, 6.07) is 13.5. The number of piperazine rings is 1. The summed E-state index contributed by atoms with van der Waals surface area (Å²) < 4.78 is 0. The van der Waals surface area contributed by atoms with Gasteiger partial charge in [0.25, 0.3) is 0 Å². The Labute approximate surface area is 122 Å². The van der Waals surface area contributed by atoms with Gasteiger partial charge in [0.15, 0.2) is 0 Å². The van der Waals surface area contributed by atoms with E-state index in [2.05, 4.69) is 47.5 Å². The average Bonchev–Trinajstić information content (AvgIpc) is 3.41. The van der Waals surface area contributed by atoms with Gasteiger partial charge < -0.3 is 5.32 Å². The summed E-state index contributed by atoms with van der Waals surface area (Å²) in [5.41, 5.74) is 1.55. The molecule has 1 heterocycles. The van der Waals surface area contributed by atoms with Crippen molar-refractivity contribution in [2.75, 3.05) is 13.1 Å². The first-order chi connectivity index (χ1) is 9.86. The van der Waals surface area contributed by atoms with E-state index in [0.29, 0.717) is 0 Å². The van der Waals surface area contributed by atoms with E-state index in [1.54, 1.807) is 5.56 Å². The molecule has 2 heteroatoms. The molecule has 4 atom stereocenters.